The summed E-state index contributed by atoms with van der Waals surface area (Å²) in [6, 6.07) is 3.04. The molecule has 0 amide bonds. The van der Waals surface area contributed by atoms with Gasteiger partial charge in [-0.3, -0.25) is 4.79 Å². The largest absolute Gasteiger partial charge is 0.508 e. The van der Waals surface area contributed by atoms with Gasteiger partial charge in [-0.05, 0) is 13.0 Å². The third-order valence-corrected chi connectivity index (χ3v) is 1.96. The Balaban J connectivity index is 2.88. The van der Waals surface area contributed by atoms with Crippen LogP contribution in [0.15, 0.2) is 18.3 Å². The van der Waals surface area contributed by atoms with Crippen molar-refractivity contribution in [2.24, 2.45) is 0 Å². The zero-order chi connectivity index (χ0) is 9.42. The van der Waals surface area contributed by atoms with E-state index in [1.807, 2.05) is 0 Å². The van der Waals surface area contributed by atoms with E-state index >= 15 is 0 Å². The zero-order valence-electron chi connectivity index (χ0n) is 7.06. The van der Waals surface area contributed by atoms with Crippen LogP contribution < -0.4 is 0 Å². The molecule has 2 aromatic heterocycles. The van der Waals surface area contributed by atoms with E-state index in [0.717, 1.165) is 6.29 Å². The summed E-state index contributed by atoms with van der Waals surface area (Å²) in [5.41, 5.74) is 1.82. The number of nitrogens with zero attached hydrogens (tertiary/aromatic N) is 2. The van der Waals surface area contributed by atoms with Gasteiger partial charge in [-0.25, -0.2) is 4.52 Å². The Kier molecular flexibility index (Phi) is 1.55. The fourth-order valence-corrected chi connectivity index (χ4v) is 1.32. The molecule has 0 radical (unpaired) electrons. The van der Waals surface area contributed by atoms with Crippen LogP contribution in [0, 0.1) is 6.92 Å². The van der Waals surface area contributed by atoms with E-state index in [4.69, 9.17) is 0 Å². The predicted molar refractivity (Wildman–Crippen MR) is 47.0 cm³/mol. The smallest absolute Gasteiger partial charge is 0.154 e. The highest BCUT2D eigenvalue weighted by Gasteiger charge is 2.07. The van der Waals surface area contributed by atoms with Gasteiger partial charge in [0.05, 0.1) is 16.8 Å². The van der Waals surface area contributed by atoms with Crippen molar-refractivity contribution in [3.05, 3.63) is 29.6 Å². The normalized spacial score (nSPS) is 10.5. The van der Waals surface area contributed by atoms with E-state index in [1.54, 1.807) is 17.6 Å². The fourth-order valence-electron chi connectivity index (χ4n) is 1.32. The molecule has 4 heteroatoms. The van der Waals surface area contributed by atoms with E-state index in [1.165, 1.54) is 12.1 Å². The van der Waals surface area contributed by atoms with Crippen LogP contribution in [0.2, 0.25) is 0 Å². The summed E-state index contributed by atoms with van der Waals surface area (Å²) in [5.74, 6) is 0.135. The van der Waals surface area contributed by atoms with E-state index < -0.39 is 0 Å². The Morgan fingerprint density at radius 2 is 2.38 bits per heavy atom. The maximum Gasteiger partial charge on any atom is 0.154 e. The third kappa shape index (κ3) is 1.07. The third-order valence-electron chi connectivity index (χ3n) is 1.96. The number of hydrogen-bond acceptors (Lipinski definition) is 3. The van der Waals surface area contributed by atoms with Gasteiger partial charge in [-0.15, -0.1) is 0 Å². The molecule has 0 spiro atoms. The van der Waals surface area contributed by atoms with Gasteiger partial charge in [0.2, 0.25) is 0 Å². The maximum absolute atomic E-state index is 10.7. The monoisotopic (exact) mass is 176 g/mol. The lowest BCUT2D eigenvalue weighted by atomic mass is 10.2. The molecule has 0 atom stereocenters. The molecule has 0 saturated heterocycles. The number of aldehydes is 1. The maximum atomic E-state index is 10.7. The van der Waals surface area contributed by atoms with Gasteiger partial charge < -0.3 is 5.11 Å². The van der Waals surface area contributed by atoms with Crippen LogP contribution in [-0.2, 0) is 0 Å². The SMILES string of the molecule is Cc1nn2ccc(O)cc2c1C=O. The second-order valence-electron chi connectivity index (χ2n) is 2.83. The van der Waals surface area contributed by atoms with Crippen molar-refractivity contribution in [3.63, 3.8) is 0 Å². The number of carbonyl (C=O) groups excluding carboxylic acids is 1. The molecule has 0 aliphatic carbocycles. The molecule has 2 aromatic rings. The molecule has 0 aromatic carbocycles. The van der Waals surface area contributed by atoms with E-state index in [9.17, 15) is 9.90 Å². The lowest BCUT2D eigenvalue weighted by Crippen LogP contribution is -1.84. The van der Waals surface area contributed by atoms with Crippen molar-refractivity contribution >= 4 is 11.8 Å². The Morgan fingerprint density at radius 3 is 3.08 bits per heavy atom. The second kappa shape index (κ2) is 2.58. The molecule has 66 valence electrons. The number of hydrogen-bond donors (Lipinski definition) is 1. The van der Waals surface area contributed by atoms with Gasteiger partial charge in [0.1, 0.15) is 5.75 Å². The van der Waals surface area contributed by atoms with Gasteiger partial charge in [-0.1, -0.05) is 0 Å². The topological polar surface area (TPSA) is 54.6 Å². The van der Waals surface area contributed by atoms with Gasteiger partial charge in [0.25, 0.3) is 0 Å². The Bertz CT molecular complexity index is 474. The first-order valence-corrected chi connectivity index (χ1v) is 3.85. The fraction of sp³-hybridized carbons (Fsp3) is 0.111. The number of carbonyl (C=O) groups is 1. The highest BCUT2D eigenvalue weighted by Crippen LogP contribution is 2.17. The predicted octanol–water partition coefficient (Wildman–Crippen LogP) is 1.16. The van der Waals surface area contributed by atoms with Crippen molar-refractivity contribution in [1.82, 2.24) is 9.61 Å². The number of fused-ring (bicyclic) bond motifs is 1. The van der Waals surface area contributed by atoms with Gasteiger partial charge >= 0.3 is 0 Å². The number of pyridine rings is 1. The van der Waals surface area contributed by atoms with Gasteiger partial charge in [0, 0.05) is 12.3 Å². The lowest BCUT2D eigenvalue weighted by Gasteiger charge is -1.93. The quantitative estimate of drug-likeness (QED) is 0.663. The molecule has 0 aliphatic rings. The molecule has 1 N–H and O–H groups in total. The van der Waals surface area contributed by atoms with Crippen LogP contribution >= 0.6 is 0 Å². The van der Waals surface area contributed by atoms with Crippen LogP contribution in [0.3, 0.4) is 0 Å². The Hall–Kier alpha value is -1.84. The van der Waals surface area contributed by atoms with Crippen LogP contribution in [-0.4, -0.2) is 21.0 Å². The molecule has 0 fully saturated rings. The van der Waals surface area contributed by atoms with Crippen molar-refractivity contribution in [3.8, 4) is 5.75 Å². The van der Waals surface area contributed by atoms with Crippen LogP contribution in [0.4, 0.5) is 0 Å². The minimum Gasteiger partial charge on any atom is -0.508 e. The second-order valence-corrected chi connectivity index (χ2v) is 2.83. The standard InChI is InChI=1S/C9H8N2O2/c1-6-8(5-12)9-4-7(13)2-3-11(9)10-6/h2-5,13H,1H3. The highest BCUT2D eigenvalue weighted by atomic mass is 16.3. The summed E-state index contributed by atoms with van der Waals surface area (Å²) in [4.78, 5) is 10.7. The van der Waals surface area contributed by atoms with Crippen LogP contribution in [0.1, 0.15) is 16.1 Å². The van der Waals surface area contributed by atoms with Crippen molar-refractivity contribution in [2.45, 2.75) is 6.92 Å². The first-order chi connectivity index (χ1) is 6.22. The molecular weight excluding hydrogens is 168 g/mol. The number of rotatable bonds is 1. The average Bonchev–Trinajstić information content (AvgIpc) is 2.40. The molecule has 0 bridgehead atoms. The molecule has 2 rings (SSSR count). The number of aromatic hydroxyl groups is 1. The summed E-state index contributed by atoms with van der Waals surface area (Å²) < 4.78 is 1.57. The summed E-state index contributed by atoms with van der Waals surface area (Å²) in [6.07, 6.45) is 2.36. The van der Waals surface area contributed by atoms with Crippen LogP contribution in [0.5, 0.6) is 5.75 Å². The zero-order valence-corrected chi connectivity index (χ0v) is 7.06. The summed E-state index contributed by atoms with van der Waals surface area (Å²) in [5, 5.41) is 13.3. The van der Waals surface area contributed by atoms with Gasteiger partial charge in [-0.2, -0.15) is 5.10 Å². The molecule has 0 unspecified atom stereocenters. The van der Waals surface area contributed by atoms with E-state index in [2.05, 4.69) is 5.10 Å². The summed E-state index contributed by atoms with van der Waals surface area (Å²) in [7, 11) is 0. The van der Waals surface area contributed by atoms with E-state index in [0.29, 0.717) is 16.8 Å². The first-order valence-electron chi connectivity index (χ1n) is 3.85. The lowest BCUT2D eigenvalue weighted by molar-refractivity contribution is 0.112. The van der Waals surface area contributed by atoms with Crippen molar-refractivity contribution in [2.75, 3.05) is 0 Å². The first kappa shape index (κ1) is 7.79. The van der Waals surface area contributed by atoms with Crippen molar-refractivity contribution < 1.29 is 9.90 Å². The van der Waals surface area contributed by atoms with Crippen molar-refractivity contribution in [1.29, 1.82) is 0 Å². The summed E-state index contributed by atoms with van der Waals surface area (Å²) in [6.45, 7) is 1.76. The number of aryl methyl sites for hydroxylation is 1. The summed E-state index contributed by atoms with van der Waals surface area (Å²) >= 11 is 0. The highest BCUT2D eigenvalue weighted by molar-refractivity contribution is 5.87. The molecule has 13 heavy (non-hydrogen) atoms. The minimum atomic E-state index is 0.135. The molecule has 0 aliphatic heterocycles. The molecular formula is C9H8N2O2. The van der Waals surface area contributed by atoms with Crippen LogP contribution in [0.25, 0.3) is 5.52 Å². The molecule has 2 heterocycles. The Labute approximate surface area is 74.4 Å². The minimum absolute atomic E-state index is 0.135. The molecule has 0 saturated carbocycles. The molecule has 4 nitrogen and oxygen atoms in total. The van der Waals surface area contributed by atoms with Gasteiger partial charge in [0.15, 0.2) is 6.29 Å². The van der Waals surface area contributed by atoms with E-state index in [-0.39, 0.29) is 5.75 Å². The number of aromatic nitrogens is 2. The Morgan fingerprint density at radius 1 is 1.62 bits per heavy atom. The average molecular weight is 176 g/mol.